The fourth-order valence-corrected chi connectivity index (χ4v) is 2.36. The number of nitrogens with one attached hydrogen (secondary N) is 2. The van der Waals surface area contributed by atoms with E-state index in [9.17, 15) is 18.0 Å². The summed E-state index contributed by atoms with van der Waals surface area (Å²) in [5, 5.41) is 8.75. The first-order valence-electron chi connectivity index (χ1n) is 5.97. The van der Waals surface area contributed by atoms with Crippen LogP contribution in [0.3, 0.4) is 0 Å². The van der Waals surface area contributed by atoms with Gasteiger partial charge in [0.05, 0.1) is 11.6 Å². The van der Waals surface area contributed by atoms with Crippen molar-refractivity contribution >= 4 is 11.7 Å². The molecule has 1 aromatic carbocycles. The molecule has 0 fully saturated rings. The highest BCUT2D eigenvalue weighted by Crippen LogP contribution is 2.46. The zero-order valence-electron chi connectivity index (χ0n) is 10.2. The van der Waals surface area contributed by atoms with Crippen LogP contribution in [0.5, 0.6) is 0 Å². The molecule has 0 saturated heterocycles. The summed E-state index contributed by atoms with van der Waals surface area (Å²) in [7, 11) is 0. The molecule has 7 heteroatoms. The van der Waals surface area contributed by atoms with Crippen LogP contribution in [0, 0.1) is 0 Å². The number of carbonyl (C=O) groups excluding carboxylic acids is 1. The molecular weight excluding hydrogens is 271 g/mol. The van der Waals surface area contributed by atoms with Crippen molar-refractivity contribution in [3.63, 3.8) is 0 Å². The summed E-state index contributed by atoms with van der Waals surface area (Å²) >= 11 is 0. The minimum absolute atomic E-state index is 0.00306. The van der Waals surface area contributed by atoms with E-state index in [1.165, 1.54) is 0 Å². The second kappa shape index (κ2) is 4.36. The molecule has 3 rings (SSSR count). The van der Waals surface area contributed by atoms with Crippen molar-refractivity contribution in [1.82, 2.24) is 10.2 Å². The van der Waals surface area contributed by atoms with Crippen LogP contribution in [0.1, 0.15) is 17.9 Å². The van der Waals surface area contributed by atoms with Crippen LogP contribution in [0.2, 0.25) is 0 Å². The van der Waals surface area contributed by atoms with Gasteiger partial charge in [0.1, 0.15) is 0 Å². The number of amides is 1. The lowest BCUT2D eigenvalue weighted by molar-refractivity contribution is -0.156. The average molecular weight is 281 g/mol. The van der Waals surface area contributed by atoms with Gasteiger partial charge in [0, 0.05) is 12.0 Å². The highest BCUT2D eigenvalue weighted by molar-refractivity contribution is 5.95. The average Bonchev–Trinajstić information content (AvgIpc) is 2.81. The Hall–Kier alpha value is -2.31. The maximum atomic E-state index is 13.1. The minimum Gasteiger partial charge on any atom is -0.309 e. The lowest BCUT2D eigenvalue weighted by Crippen LogP contribution is -2.31. The Morgan fingerprint density at radius 2 is 1.90 bits per heavy atom. The summed E-state index contributed by atoms with van der Waals surface area (Å²) in [4.78, 5) is 11.4. The number of carbonyl (C=O) groups is 1. The first-order valence-corrected chi connectivity index (χ1v) is 5.97. The van der Waals surface area contributed by atoms with Gasteiger partial charge < -0.3 is 5.32 Å². The number of fused-ring (bicyclic) bond motifs is 1. The SMILES string of the molecule is O=C1CC(C(F)(F)F)c2c(n[nH]c2-c2ccccc2)N1. The van der Waals surface area contributed by atoms with Crippen LogP contribution in [-0.2, 0) is 4.79 Å². The lowest BCUT2D eigenvalue weighted by atomic mass is 9.89. The normalized spacial score (nSPS) is 18.6. The number of aromatic amines is 1. The molecule has 2 aromatic rings. The molecule has 0 spiro atoms. The summed E-state index contributed by atoms with van der Waals surface area (Å²) in [5.74, 6) is -2.55. The van der Waals surface area contributed by atoms with Gasteiger partial charge in [-0.05, 0) is 5.56 Å². The third-order valence-electron chi connectivity index (χ3n) is 3.26. The summed E-state index contributed by atoms with van der Waals surface area (Å²) in [5.41, 5.74) is 0.901. The Morgan fingerprint density at radius 1 is 1.20 bits per heavy atom. The molecule has 20 heavy (non-hydrogen) atoms. The topological polar surface area (TPSA) is 57.8 Å². The molecule has 0 saturated carbocycles. The van der Waals surface area contributed by atoms with E-state index >= 15 is 0 Å². The molecule has 0 bridgehead atoms. The molecule has 2 heterocycles. The van der Waals surface area contributed by atoms with E-state index in [1.807, 2.05) is 0 Å². The number of halogens is 3. The predicted molar refractivity (Wildman–Crippen MR) is 66.1 cm³/mol. The molecule has 2 N–H and O–H groups in total. The molecule has 1 unspecified atom stereocenters. The zero-order chi connectivity index (χ0) is 14.3. The van der Waals surface area contributed by atoms with Crippen LogP contribution in [0.15, 0.2) is 30.3 Å². The molecule has 0 radical (unpaired) electrons. The van der Waals surface area contributed by atoms with E-state index in [2.05, 4.69) is 15.5 Å². The van der Waals surface area contributed by atoms with E-state index in [1.54, 1.807) is 30.3 Å². The van der Waals surface area contributed by atoms with E-state index < -0.39 is 24.4 Å². The fraction of sp³-hybridized carbons (Fsp3) is 0.231. The molecule has 1 atom stereocenters. The number of H-pyrrole nitrogens is 1. The predicted octanol–water partition coefficient (Wildman–Crippen LogP) is 3.06. The number of anilines is 1. The van der Waals surface area contributed by atoms with Gasteiger partial charge >= 0.3 is 6.18 Å². The van der Waals surface area contributed by atoms with Gasteiger partial charge in [-0.2, -0.15) is 18.3 Å². The van der Waals surface area contributed by atoms with Crippen molar-refractivity contribution in [1.29, 1.82) is 0 Å². The quantitative estimate of drug-likeness (QED) is 0.844. The van der Waals surface area contributed by atoms with Crippen molar-refractivity contribution in [2.75, 3.05) is 5.32 Å². The van der Waals surface area contributed by atoms with Crippen molar-refractivity contribution < 1.29 is 18.0 Å². The van der Waals surface area contributed by atoms with E-state index in [0.717, 1.165) is 0 Å². The third kappa shape index (κ3) is 2.04. The summed E-state index contributed by atoms with van der Waals surface area (Å²) in [6.45, 7) is 0. The molecule has 1 aromatic heterocycles. The maximum Gasteiger partial charge on any atom is 0.396 e. The Morgan fingerprint density at radius 3 is 2.55 bits per heavy atom. The van der Waals surface area contributed by atoms with E-state index in [0.29, 0.717) is 11.3 Å². The first kappa shape index (κ1) is 12.7. The zero-order valence-corrected chi connectivity index (χ0v) is 10.2. The number of aromatic nitrogens is 2. The number of benzene rings is 1. The second-order valence-electron chi connectivity index (χ2n) is 4.57. The van der Waals surface area contributed by atoms with Gasteiger partial charge in [0.2, 0.25) is 5.91 Å². The smallest absolute Gasteiger partial charge is 0.309 e. The molecule has 4 nitrogen and oxygen atoms in total. The maximum absolute atomic E-state index is 13.1. The summed E-state index contributed by atoms with van der Waals surface area (Å²) in [6.07, 6.45) is -5.10. The molecule has 1 amide bonds. The molecule has 0 aliphatic carbocycles. The third-order valence-corrected chi connectivity index (χ3v) is 3.26. The van der Waals surface area contributed by atoms with Gasteiger partial charge in [-0.3, -0.25) is 9.89 Å². The molecule has 1 aliphatic heterocycles. The number of hydrogen-bond donors (Lipinski definition) is 2. The van der Waals surface area contributed by atoms with Crippen LogP contribution in [0.25, 0.3) is 11.3 Å². The van der Waals surface area contributed by atoms with E-state index in [4.69, 9.17) is 0 Å². The Bertz CT molecular complexity index is 649. The Balaban J connectivity index is 2.16. The van der Waals surface area contributed by atoms with Crippen molar-refractivity contribution in [3.8, 4) is 11.3 Å². The molecule has 104 valence electrons. The highest BCUT2D eigenvalue weighted by Gasteiger charge is 2.47. The number of rotatable bonds is 1. The monoisotopic (exact) mass is 281 g/mol. The highest BCUT2D eigenvalue weighted by atomic mass is 19.4. The molecular formula is C13H10F3N3O. The minimum atomic E-state index is -4.49. The number of nitrogens with zero attached hydrogens (tertiary/aromatic N) is 1. The Kier molecular flexibility index (Phi) is 2.77. The number of hydrogen-bond acceptors (Lipinski definition) is 2. The first-order chi connectivity index (χ1) is 9.47. The van der Waals surface area contributed by atoms with Crippen molar-refractivity contribution in [2.45, 2.75) is 18.5 Å². The summed E-state index contributed by atoms with van der Waals surface area (Å²) in [6, 6.07) is 8.61. The molecule has 1 aliphatic rings. The van der Waals surface area contributed by atoms with Gasteiger partial charge in [-0.1, -0.05) is 30.3 Å². The Labute approximate surface area is 112 Å². The van der Waals surface area contributed by atoms with Gasteiger partial charge in [-0.15, -0.1) is 0 Å². The van der Waals surface area contributed by atoms with Crippen molar-refractivity contribution in [3.05, 3.63) is 35.9 Å². The lowest BCUT2D eigenvalue weighted by Gasteiger charge is -2.25. The van der Waals surface area contributed by atoms with Gasteiger partial charge in [0.15, 0.2) is 5.82 Å². The van der Waals surface area contributed by atoms with Crippen LogP contribution in [-0.4, -0.2) is 22.3 Å². The standard InChI is InChI=1S/C13H10F3N3O/c14-13(15,16)8-6-9(20)17-12-10(8)11(18-19-12)7-4-2-1-3-5-7/h1-5,8H,6H2,(H2,17,18,19,20). The van der Waals surface area contributed by atoms with Crippen molar-refractivity contribution in [2.24, 2.45) is 0 Å². The fourth-order valence-electron chi connectivity index (χ4n) is 2.36. The summed E-state index contributed by atoms with van der Waals surface area (Å²) < 4.78 is 39.4. The van der Waals surface area contributed by atoms with Crippen LogP contribution in [0.4, 0.5) is 19.0 Å². The van der Waals surface area contributed by atoms with Crippen LogP contribution >= 0.6 is 0 Å². The largest absolute Gasteiger partial charge is 0.396 e. The van der Waals surface area contributed by atoms with E-state index in [-0.39, 0.29) is 11.4 Å². The number of alkyl halides is 3. The van der Waals surface area contributed by atoms with Crippen LogP contribution < -0.4 is 5.32 Å². The van der Waals surface area contributed by atoms with Gasteiger partial charge in [-0.25, -0.2) is 0 Å². The van der Waals surface area contributed by atoms with Gasteiger partial charge in [0.25, 0.3) is 0 Å². The second-order valence-corrected chi connectivity index (χ2v) is 4.57.